The van der Waals surface area contributed by atoms with Crippen molar-refractivity contribution in [3.05, 3.63) is 106 Å². The highest BCUT2D eigenvalue weighted by Gasteiger charge is 2.19. The standard InChI is InChI=1S/C23H20N4O2/c1-16-7-8-20-18(11-16)12-19(22(28)26-20)15-27(14-17-5-4-9-24-13-17)23(29)21-6-2-3-10-25-21/h2-13H,14-15H2,1H3,(H,26,28). The van der Waals surface area contributed by atoms with Gasteiger partial charge in [-0.3, -0.25) is 19.6 Å². The number of hydrogen-bond acceptors (Lipinski definition) is 4. The van der Waals surface area contributed by atoms with Crippen molar-refractivity contribution in [3.63, 3.8) is 0 Å². The van der Waals surface area contributed by atoms with Crippen molar-refractivity contribution in [1.82, 2.24) is 19.9 Å². The van der Waals surface area contributed by atoms with E-state index in [0.29, 0.717) is 17.8 Å². The van der Waals surface area contributed by atoms with E-state index in [0.717, 1.165) is 22.0 Å². The maximum absolute atomic E-state index is 13.1. The van der Waals surface area contributed by atoms with Gasteiger partial charge in [0.05, 0.1) is 6.54 Å². The number of aromatic nitrogens is 3. The molecule has 144 valence electrons. The first-order valence-electron chi connectivity index (χ1n) is 9.32. The lowest BCUT2D eigenvalue weighted by molar-refractivity contribution is 0.0723. The zero-order chi connectivity index (χ0) is 20.2. The van der Waals surface area contributed by atoms with E-state index in [2.05, 4.69) is 15.0 Å². The van der Waals surface area contributed by atoms with Crippen molar-refractivity contribution in [2.45, 2.75) is 20.0 Å². The third-order valence-electron chi connectivity index (χ3n) is 4.71. The number of amides is 1. The number of nitrogens with zero attached hydrogens (tertiary/aromatic N) is 3. The van der Waals surface area contributed by atoms with Gasteiger partial charge in [-0.05, 0) is 54.3 Å². The quantitative estimate of drug-likeness (QED) is 0.571. The second kappa shape index (κ2) is 8.06. The SMILES string of the molecule is Cc1ccc2[nH]c(=O)c(CN(Cc3cccnc3)C(=O)c3ccccn3)cc2c1. The zero-order valence-corrected chi connectivity index (χ0v) is 16.0. The largest absolute Gasteiger partial charge is 0.328 e. The number of aromatic amines is 1. The number of nitrogens with one attached hydrogen (secondary N) is 1. The van der Waals surface area contributed by atoms with E-state index >= 15 is 0 Å². The normalized spacial score (nSPS) is 10.8. The van der Waals surface area contributed by atoms with Crippen molar-refractivity contribution in [3.8, 4) is 0 Å². The molecule has 1 aromatic carbocycles. The molecule has 0 aliphatic heterocycles. The third kappa shape index (κ3) is 4.21. The molecule has 4 rings (SSSR count). The third-order valence-corrected chi connectivity index (χ3v) is 4.71. The first-order valence-corrected chi connectivity index (χ1v) is 9.32. The molecule has 0 saturated carbocycles. The monoisotopic (exact) mass is 384 g/mol. The molecule has 0 fully saturated rings. The van der Waals surface area contributed by atoms with Crippen LogP contribution in [0.1, 0.15) is 27.2 Å². The van der Waals surface area contributed by atoms with Gasteiger partial charge in [0.25, 0.3) is 11.5 Å². The number of benzene rings is 1. The number of aryl methyl sites for hydroxylation is 1. The molecule has 6 heteroatoms. The minimum absolute atomic E-state index is 0.170. The smallest absolute Gasteiger partial charge is 0.273 e. The molecule has 0 aliphatic carbocycles. The first kappa shape index (κ1) is 18.6. The van der Waals surface area contributed by atoms with Gasteiger partial charge in [-0.1, -0.05) is 23.8 Å². The number of carbonyl (C=O) groups is 1. The molecular weight excluding hydrogens is 364 g/mol. The molecule has 29 heavy (non-hydrogen) atoms. The first-order chi connectivity index (χ1) is 14.1. The summed E-state index contributed by atoms with van der Waals surface area (Å²) in [7, 11) is 0. The van der Waals surface area contributed by atoms with Crippen LogP contribution in [0.5, 0.6) is 0 Å². The molecule has 0 spiro atoms. The van der Waals surface area contributed by atoms with E-state index in [-0.39, 0.29) is 18.0 Å². The molecule has 1 amide bonds. The highest BCUT2D eigenvalue weighted by atomic mass is 16.2. The van der Waals surface area contributed by atoms with Gasteiger partial charge >= 0.3 is 0 Å². The Morgan fingerprint density at radius 1 is 1.03 bits per heavy atom. The molecule has 0 bridgehead atoms. The average molecular weight is 384 g/mol. The number of pyridine rings is 3. The fraction of sp³-hybridized carbons (Fsp3) is 0.130. The van der Waals surface area contributed by atoms with E-state index in [9.17, 15) is 9.59 Å². The number of H-pyrrole nitrogens is 1. The second-order valence-corrected chi connectivity index (χ2v) is 6.95. The van der Waals surface area contributed by atoms with Crippen LogP contribution in [-0.2, 0) is 13.1 Å². The van der Waals surface area contributed by atoms with Crippen LogP contribution in [0.4, 0.5) is 0 Å². The van der Waals surface area contributed by atoms with Gasteiger partial charge in [0.15, 0.2) is 0 Å². The predicted molar refractivity (Wildman–Crippen MR) is 111 cm³/mol. The maximum atomic E-state index is 13.1. The summed E-state index contributed by atoms with van der Waals surface area (Å²) >= 11 is 0. The van der Waals surface area contributed by atoms with Crippen LogP contribution < -0.4 is 5.56 Å². The van der Waals surface area contributed by atoms with Gasteiger partial charge in [0.2, 0.25) is 0 Å². The zero-order valence-electron chi connectivity index (χ0n) is 16.0. The summed E-state index contributed by atoms with van der Waals surface area (Å²) in [5.74, 6) is -0.238. The van der Waals surface area contributed by atoms with Gasteiger partial charge in [0.1, 0.15) is 5.69 Å². The van der Waals surface area contributed by atoms with Crippen molar-refractivity contribution >= 4 is 16.8 Å². The summed E-state index contributed by atoms with van der Waals surface area (Å²) in [4.78, 5) is 38.6. The van der Waals surface area contributed by atoms with Gasteiger partial charge in [-0.2, -0.15) is 0 Å². The molecule has 4 aromatic rings. The number of rotatable bonds is 5. The molecule has 0 atom stereocenters. The van der Waals surface area contributed by atoms with Crippen LogP contribution >= 0.6 is 0 Å². The Balaban J connectivity index is 1.71. The Morgan fingerprint density at radius 3 is 2.69 bits per heavy atom. The van der Waals surface area contributed by atoms with Crippen molar-refractivity contribution in [2.75, 3.05) is 0 Å². The molecular formula is C23H20N4O2. The topological polar surface area (TPSA) is 79.0 Å². The van der Waals surface area contributed by atoms with Gasteiger partial charge in [-0.25, -0.2) is 0 Å². The molecule has 0 radical (unpaired) electrons. The van der Waals surface area contributed by atoms with Crippen LogP contribution in [0, 0.1) is 6.92 Å². The van der Waals surface area contributed by atoms with Crippen molar-refractivity contribution < 1.29 is 4.79 Å². The Labute approximate surface area is 167 Å². The van der Waals surface area contributed by atoms with Gasteiger partial charge in [0, 0.05) is 36.2 Å². The van der Waals surface area contributed by atoms with Crippen LogP contribution in [-0.4, -0.2) is 25.8 Å². The molecule has 1 N–H and O–H groups in total. The summed E-state index contributed by atoms with van der Waals surface area (Å²) < 4.78 is 0. The Hall–Kier alpha value is -3.80. The fourth-order valence-electron chi connectivity index (χ4n) is 3.26. The van der Waals surface area contributed by atoms with Crippen molar-refractivity contribution in [2.24, 2.45) is 0 Å². The summed E-state index contributed by atoms with van der Waals surface area (Å²) in [5.41, 5.74) is 3.42. The van der Waals surface area contributed by atoms with E-state index in [1.54, 1.807) is 41.7 Å². The highest BCUT2D eigenvalue weighted by molar-refractivity contribution is 5.92. The molecule has 3 aromatic heterocycles. The summed E-state index contributed by atoms with van der Waals surface area (Å²) in [6.07, 6.45) is 4.98. The van der Waals surface area contributed by atoms with Gasteiger partial charge < -0.3 is 9.88 Å². The average Bonchev–Trinajstić information content (AvgIpc) is 2.75. The lowest BCUT2D eigenvalue weighted by atomic mass is 10.1. The Kier molecular flexibility index (Phi) is 5.16. The summed E-state index contributed by atoms with van der Waals surface area (Å²) in [6.45, 7) is 2.50. The van der Waals surface area contributed by atoms with Crippen LogP contribution in [0.3, 0.4) is 0 Å². The summed E-state index contributed by atoms with van der Waals surface area (Å²) in [6, 6.07) is 16.6. The number of fused-ring (bicyclic) bond motifs is 1. The second-order valence-electron chi connectivity index (χ2n) is 6.95. The van der Waals surface area contributed by atoms with Gasteiger partial charge in [-0.15, -0.1) is 0 Å². The molecule has 0 unspecified atom stereocenters. The minimum atomic E-state index is -0.238. The number of carbonyl (C=O) groups excluding carboxylic acids is 1. The number of hydrogen-bond donors (Lipinski definition) is 1. The maximum Gasteiger partial charge on any atom is 0.273 e. The lowest BCUT2D eigenvalue weighted by Gasteiger charge is -2.22. The molecule has 0 saturated heterocycles. The van der Waals surface area contributed by atoms with Crippen LogP contribution in [0.15, 0.2) is 78.0 Å². The van der Waals surface area contributed by atoms with E-state index in [1.165, 1.54) is 0 Å². The Bertz CT molecular complexity index is 1200. The van der Waals surface area contributed by atoms with Crippen LogP contribution in [0.2, 0.25) is 0 Å². The van der Waals surface area contributed by atoms with E-state index in [4.69, 9.17) is 0 Å². The van der Waals surface area contributed by atoms with E-state index < -0.39 is 0 Å². The van der Waals surface area contributed by atoms with Crippen molar-refractivity contribution in [1.29, 1.82) is 0 Å². The Morgan fingerprint density at radius 2 is 1.93 bits per heavy atom. The molecule has 6 nitrogen and oxygen atoms in total. The molecule has 0 aliphatic rings. The predicted octanol–water partition coefficient (Wildman–Crippen LogP) is 3.47. The highest BCUT2D eigenvalue weighted by Crippen LogP contribution is 2.16. The summed E-state index contributed by atoms with van der Waals surface area (Å²) in [5, 5.41) is 0.936. The molecule has 3 heterocycles. The van der Waals surface area contributed by atoms with Crippen LogP contribution in [0.25, 0.3) is 10.9 Å². The lowest BCUT2D eigenvalue weighted by Crippen LogP contribution is -2.33. The van der Waals surface area contributed by atoms with E-state index in [1.807, 2.05) is 43.3 Å². The minimum Gasteiger partial charge on any atom is -0.328 e. The fourth-order valence-corrected chi connectivity index (χ4v) is 3.26.